The van der Waals surface area contributed by atoms with Crippen LogP contribution in [-0.4, -0.2) is 206 Å². The summed E-state index contributed by atoms with van der Waals surface area (Å²) < 4.78 is 35.6. The number of nitrogen functional groups attached to an aromatic ring is 2. The van der Waals surface area contributed by atoms with E-state index < -0.39 is 102 Å². The minimum atomic E-state index is -2.43. The van der Waals surface area contributed by atoms with Gasteiger partial charge in [-0.2, -0.15) is 9.97 Å². The number of benzene rings is 1. The highest BCUT2D eigenvalue weighted by Gasteiger charge is 2.53. The number of cyclic esters (lactones) is 1. The molecule has 0 unspecified atom stereocenters. The number of fused-ring (bicyclic) bond motifs is 4. The van der Waals surface area contributed by atoms with Crippen LogP contribution in [0.15, 0.2) is 78.1 Å². The molecule has 2 saturated heterocycles. The number of carboxylic acids is 2. The van der Waals surface area contributed by atoms with Gasteiger partial charge in [0.25, 0.3) is 17.6 Å². The van der Waals surface area contributed by atoms with E-state index in [1.54, 1.807) is 59.4 Å². The highest BCUT2D eigenvalue weighted by molar-refractivity contribution is 6.39. The molecule has 4 aliphatic rings. The average Bonchev–Trinajstić information content (AvgIpc) is 0.777. The minimum Gasteiger partial charge on any atom is -0.481 e. The number of nitrogens with two attached hydrogens (primary N) is 2. The number of ketones is 3. The molecule has 3 aromatic rings. The van der Waals surface area contributed by atoms with Crippen LogP contribution in [0.4, 0.5) is 17.5 Å². The summed E-state index contributed by atoms with van der Waals surface area (Å²) in [5, 5.41) is 53.0. The van der Waals surface area contributed by atoms with Crippen LogP contribution in [-0.2, 0) is 68.5 Å². The standard InChI is InChI=1S/C53H83NO14.C20H22N8O5/c1-32-16-12-11-13-17-33(2)44(63-8)30-40-21-19-38(7)53(62,68-40)50(59)51(60)54-23-15-14-18-41(54)52(61)67-45(35(4)28-39-20-22-43(66-25-24-55)46(29-39)64-9)31-42(56)34(3)27-37(6)48(58)49(65-10)47(57)36(5)26-32;1-28(9-11-8-23-17-15(24-11)16(21)26-20(22)27-17)12-4-2-10(3-5-12)18(31)25-13(19(32)33)6-7-14(29)30/h11-13,16-17,27,32,34-36,38-41,43-46,48-49,55,58,62H,14-15,18-26,28-31H2,1-10H3;2-5,8,13H,6-7,9H2,1H3,(H,25,31)(H,29,30)(H,32,33)(H4,21,22,23,26,27)/b13-11+,16-12-,33-17+,37-27+;/t32-,34-,35-,36-,38-,39+,40+,41+,43-,44+,45+,46-,48-,49+,53-;13-/m10/s1. The molecule has 556 valence electrons. The molecule has 101 heavy (non-hydrogen) atoms. The van der Waals surface area contributed by atoms with E-state index in [4.69, 9.17) is 45.0 Å². The number of esters is 1. The van der Waals surface area contributed by atoms with Gasteiger partial charge in [-0.05, 0) is 138 Å². The van der Waals surface area contributed by atoms with Crippen LogP contribution in [0.25, 0.3) is 11.2 Å². The fraction of sp³-hybridized carbons (Fsp3) is 0.616. The maximum absolute atomic E-state index is 14.5. The second kappa shape index (κ2) is 38.9. The summed E-state index contributed by atoms with van der Waals surface area (Å²) in [5.74, 6) is -10.9. The van der Waals surface area contributed by atoms with Crippen molar-refractivity contribution in [2.75, 3.05) is 64.5 Å². The smallest absolute Gasteiger partial charge is 0.329 e. The first-order valence-corrected chi connectivity index (χ1v) is 34.8. The molecule has 0 spiro atoms. The zero-order valence-electron chi connectivity index (χ0n) is 60.0. The molecule has 1 saturated carbocycles. The van der Waals surface area contributed by atoms with Crippen molar-refractivity contribution >= 4 is 75.7 Å². The molecule has 28 heteroatoms. The number of amides is 2. The fourth-order valence-corrected chi connectivity index (χ4v) is 13.5. The second-order valence-corrected chi connectivity index (χ2v) is 27.4. The van der Waals surface area contributed by atoms with E-state index in [-0.39, 0.29) is 104 Å². The highest BCUT2D eigenvalue weighted by atomic mass is 16.6. The minimum absolute atomic E-state index is 0.0138. The summed E-state index contributed by atoms with van der Waals surface area (Å²) in [6.45, 7) is 13.2. The molecule has 3 aliphatic heterocycles. The Hall–Kier alpha value is -7.96. The van der Waals surface area contributed by atoms with E-state index in [0.717, 1.165) is 17.7 Å². The molecule has 2 aromatic heterocycles. The molecule has 1 aliphatic carbocycles. The van der Waals surface area contributed by atoms with Crippen molar-refractivity contribution in [2.24, 2.45) is 35.5 Å². The number of aliphatic hydroxyl groups excluding tert-OH is 2. The molecular weight excluding hydrogens is 1310 g/mol. The lowest BCUT2D eigenvalue weighted by atomic mass is 9.78. The Kier molecular flexibility index (Phi) is 31.6. The van der Waals surface area contributed by atoms with Gasteiger partial charge in [0.15, 0.2) is 22.8 Å². The number of nitrogens with one attached hydrogen (secondary N) is 1. The highest BCUT2D eigenvalue weighted by Crippen LogP contribution is 2.38. The lowest BCUT2D eigenvalue weighted by Crippen LogP contribution is -2.61. The first kappa shape index (κ1) is 82.0. The topological polar surface area (TPSA) is 415 Å². The number of hydrogen-bond acceptors (Lipinski definition) is 24. The molecule has 16 atom stereocenters. The monoisotopic (exact) mass is 1410 g/mol. The summed E-state index contributed by atoms with van der Waals surface area (Å²) in [4.78, 5) is 125. The average molecular weight is 1410 g/mol. The van der Waals surface area contributed by atoms with Crippen molar-refractivity contribution in [1.82, 2.24) is 30.2 Å². The van der Waals surface area contributed by atoms with Crippen LogP contribution >= 0.6 is 0 Å². The zero-order chi connectivity index (χ0) is 74.4. The van der Waals surface area contributed by atoms with Gasteiger partial charge in [-0.3, -0.25) is 28.8 Å². The van der Waals surface area contributed by atoms with Gasteiger partial charge in [0, 0.05) is 83.2 Å². The largest absolute Gasteiger partial charge is 0.481 e. The van der Waals surface area contributed by atoms with E-state index in [9.17, 15) is 58.8 Å². The Morgan fingerprint density at radius 3 is 2.25 bits per heavy atom. The number of ether oxygens (including phenoxy) is 6. The van der Waals surface area contributed by atoms with E-state index in [1.165, 1.54) is 24.1 Å². The van der Waals surface area contributed by atoms with Crippen LogP contribution < -0.4 is 21.7 Å². The molecule has 1 aromatic carbocycles. The third kappa shape index (κ3) is 23.0. The van der Waals surface area contributed by atoms with Gasteiger partial charge in [-0.25, -0.2) is 19.6 Å². The summed E-state index contributed by atoms with van der Waals surface area (Å²) in [7, 11) is 6.40. The van der Waals surface area contributed by atoms with Gasteiger partial charge in [0.2, 0.25) is 11.7 Å². The van der Waals surface area contributed by atoms with E-state index in [1.807, 2.05) is 70.0 Å². The van der Waals surface area contributed by atoms with Gasteiger partial charge >= 0.3 is 17.9 Å². The summed E-state index contributed by atoms with van der Waals surface area (Å²) >= 11 is 0. The van der Waals surface area contributed by atoms with E-state index in [0.29, 0.717) is 86.8 Å². The van der Waals surface area contributed by atoms with Crippen molar-refractivity contribution in [3.05, 3.63) is 89.3 Å². The van der Waals surface area contributed by atoms with Crippen LogP contribution in [0.3, 0.4) is 0 Å². The van der Waals surface area contributed by atoms with Crippen LogP contribution in [0, 0.1) is 35.5 Å². The van der Waals surface area contributed by atoms with E-state index in [2.05, 4.69) is 25.3 Å². The van der Waals surface area contributed by atoms with Crippen molar-refractivity contribution < 1.29 is 92.3 Å². The second-order valence-electron chi connectivity index (χ2n) is 27.4. The van der Waals surface area contributed by atoms with Crippen LogP contribution in [0.5, 0.6) is 0 Å². The first-order chi connectivity index (χ1) is 47.9. The van der Waals surface area contributed by atoms with Gasteiger partial charge in [0.1, 0.15) is 36.2 Å². The Bertz CT molecular complexity index is 3460. The number of carbonyl (C=O) groups excluding carboxylic acids is 6. The van der Waals surface area contributed by atoms with Gasteiger partial charge in [-0.1, -0.05) is 71.1 Å². The number of piperidine rings is 1. The van der Waals surface area contributed by atoms with Gasteiger partial charge in [0.05, 0.1) is 56.1 Å². The number of aliphatic carboxylic acids is 2. The lowest BCUT2D eigenvalue weighted by molar-refractivity contribution is -0.265. The third-order valence-electron chi connectivity index (χ3n) is 19.6. The van der Waals surface area contributed by atoms with Gasteiger partial charge < -0.3 is 80.5 Å². The normalized spacial score (nSPS) is 30.2. The summed E-state index contributed by atoms with van der Waals surface area (Å²) in [6, 6.07) is 4.02. The fourth-order valence-electron chi connectivity index (χ4n) is 13.5. The molecular formula is C73H105N9O19. The predicted octanol–water partition coefficient (Wildman–Crippen LogP) is 6.47. The van der Waals surface area contributed by atoms with Crippen LogP contribution in [0.2, 0.25) is 0 Å². The summed E-state index contributed by atoms with van der Waals surface area (Å²) in [5.41, 5.74) is 14.9. The number of aromatic nitrogens is 4. The van der Waals surface area contributed by atoms with Crippen molar-refractivity contribution in [2.45, 2.75) is 206 Å². The number of nitrogens with zero attached hydrogens (tertiary/aromatic N) is 6. The molecule has 2 amide bonds. The Morgan fingerprint density at radius 1 is 0.861 bits per heavy atom. The number of rotatable bonds is 18. The van der Waals surface area contributed by atoms with Crippen molar-refractivity contribution in [1.29, 1.82) is 0 Å². The number of anilines is 3. The molecule has 0 radical (unpaired) electrons. The lowest BCUT2D eigenvalue weighted by Gasteiger charge is -2.42. The van der Waals surface area contributed by atoms with Gasteiger partial charge in [-0.15, -0.1) is 0 Å². The van der Waals surface area contributed by atoms with Crippen molar-refractivity contribution in [3.63, 3.8) is 0 Å². The molecule has 2 bridgehead atoms. The first-order valence-electron chi connectivity index (χ1n) is 34.8. The van der Waals surface area contributed by atoms with E-state index >= 15 is 0 Å². The molecule has 28 nitrogen and oxygen atoms in total. The number of methoxy groups -OCH3 is 3. The number of Topliss-reactive ketones (excluding diaryl/α,β-unsaturated/α-hetero) is 3. The molecule has 7 rings (SSSR count). The number of aliphatic hydroxyl groups is 3. The number of allylic oxidation sites excluding steroid dienone is 6. The number of carbonyl (C=O) groups is 8. The molecule has 10 N–H and O–H groups in total. The Balaban J connectivity index is 0.000000404. The Labute approximate surface area is 590 Å². The third-order valence-corrected chi connectivity index (χ3v) is 19.6. The van der Waals surface area contributed by atoms with Crippen LogP contribution in [0.1, 0.15) is 154 Å². The zero-order valence-corrected chi connectivity index (χ0v) is 60.0. The number of carboxylic acid groups (broad SMARTS) is 2. The number of hydrogen-bond donors (Lipinski definition) is 8. The predicted molar refractivity (Wildman–Crippen MR) is 374 cm³/mol. The summed E-state index contributed by atoms with van der Waals surface area (Å²) in [6.07, 6.45) is 13.0. The maximum atomic E-state index is 14.5. The quantitative estimate of drug-likeness (QED) is 0.0384. The molecule has 5 heterocycles. The SMILES string of the molecule is CN(Cc1cnc2nc(N)nc(N)c2n1)c1ccc(C(=O)N[C@@H](CCC(=O)O)C(=O)O)cc1.CO[C@H]1C[C@@H]2CC[C@@H](C)[C@@](O)(O2)C(=O)C(=O)N2CCCC[C@H]2C(=O)O[C@H]([C@H](C)C[C@@H]2CC[C@@H](OCCO)[C@H](OC)C2)CC(=O)[C@H](C)/C=C(\C)[C@@H](O)[C@@H](OC)C(=O)[C@H](C)C[C@H](C)\C=C/C=C/C=C/1C. The maximum Gasteiger partial charge on any atom is 0.329 e. The van der Waals surface area contributed by atoms with Crippen molar-refractivity contribution in [3.8, 4) is 0 Å². The molecule has 3 fully saturated rings. The Morgan fingerprint density at radius 2 is 1.58 bits per heavy atom.